The summed E-state index contributed by atoms with van der Waals surface area (Å²) < 4.78 is 1.24. The van der Waals surface area contributed by atoms with E-state index in [1.165, 1.54) is 35.7 Å². The molecule has 1 aliphatic carbocycles. The largest absolute Gasteiger partial charge is 0.391 e. The number of likely N-dealkylation sites (tertiary alicyclic amines) is 1. The zero-order valence-corrected chi connectivity index (χ0v) is 12.8. The lowest BCUT2D eigenvalue weighted by Crippen LogP contribution is -2.44. The number of rotatable bonds is 2. The molecule has 2 nitrogen and oxygen atoms in total. The molecule has 1 aromatic rings. The van der Waals surface area contributed by atoms with Crippen LogP contribution in [0, 0.1) is 0 Å². The second-order valence-corrected chi connectivity index (χ2v) is 6.75. The van der Waals surface area contributed by atoms with Gasteiger partial charge in [0.2, 0.25) is 0 Å². The standard InChI is InChI=1S/C16H22BrNO/c17-14-5-2-1-4-13(14)12-8-10-18(11-9-12)15-6-3-7-16(15)19/h1-2,4-5,12,15-16,19H,3,6-11H2. The summed E-state index contributed by atoms with van der Waals surface area (Å²) in [5, 5.41) is 10.0. The van der Waals surface area contributed by atoms with E-state index >= 15 is 0 Å². The second kappa shape index (κ2) is 5.94. The van der Waals surface area contributed by atoms with Crippen molar-refractivity contribution < 1.29 is 5.11 Å². The highest BCUT2D eigenvalue weighted by Crippen LogP contribution is 2.35. The number of aliphatic hydroxyl groups excluding tert-OH is 1. The van der Waals surface area contributed by atoms with Gasteiger partial charge in [-0.1, -0.05) is 34.1 Å². The maximum atomic E-state index is 10.0. The number of aliphatic hydroxyl groups is 1. The van der Waals surface area contributed by atoms with Crippen molar-refractivity contribution in [1.82, 2.24) is 4.90 Å². The summed E-state index contributed by atoms with van der Waals surface area (Å²) in [5.41, 5.74) is 1.45. The molecule has 1 saturated carbocycles. The fourth-order valence-corrected chi connectivity index (χ4v) is 4.30. The van der Waals surface area contributed by atoms with Crippen LogP contribution in [0.1, 0.15) is 43.6 Å². The topological polar surface area (TPSA) is 23.5 Å². The molecule has 1 saturated heterocycles. The van der Waals surface area contributed by atoms with Crippen molar-refractivity contribution in [3.8, 4) is 0 Å². The van der Waals surface area contributed by atoms with Crippen LogP contribution in [0.3, 0.4) is 0 Å². The molecule has 2 fully saturated rings. The van der Waals surface area contributed by atoms with Gasteiger partial charge in [0.25, 0.3) is 0 Å². The molecule has 1 aromatic carbocycles. The van der Waals surface area contributed by atoms with Crippen LogP contribution in [0.4, 0.5) is 0 Å². The predicted molar refractivity (Wildman–Crippen MR) is 81.3 cm³/mol. The Morgan fingerprint density at radius 2 is 1.79 bits per heavy atom. The second-order valence-electron chi connectivity index (χ2n) is 5.90. The zero-order chi connectivity index (χ0) is 13.2. The molecule has 19 heavy (non-hydrogen) atoms. The maximum Gasteiger partial charge on any atom is 0.0695 e. The van der Waals surface area contributed by atoms with Gasteiger partial charge in [0.05, 0.1) is 6.10 Å². The number of hydrogen-bond acceptors (Lipinski definition) is 2. The van der Waals surface area contributed by atoms with Crippen LogP contribution in [0.2, 0.25) is 0 Å². The van der Waals surface area contributed by atoms with Crippen molar-refractivity contribution in [3.05, 3.63) is 34.3 Å². The molecule has 3 rings (SSSR count). The quantitative estimate of drug-likeness (QED) is 0.899. The number of hydrogen-bond donors (Lipinski definition) is 1. The van der Waals surface area contributed by atoms with Gasteiger partial charge < -0.3 is 5.11 Å². The highest BCUT2D eigenvalue weighted by molar-refractivity contribution is 9.10. The molecule has 0 aromatic heterocycles. The molecule has 0 spiro atoms. The van der Waals surface area contributed by atoms with E-state index in [9.17, 15) is 5.11 Å². The van der Waals surface area contributed by atoms with Crippen LogP contribution in [-0.2, 0) is 0 Å². The number of nitrogens with zero attached hydrogens (tertiary/aromatic N) is 1. The summed E-state index contributed by atoms with van der Waals surface area (Å²) in [7, 11) is 0. The summed E-state index contributed by atoms with van der Waals surface area (Å²) in [4.78, 5) is 2.52. The van der Waals surface area contributed by atoms with Crippen LogP contribution in [0.25, 0.3) is 0 Å². The van der Waals surface area contributed by atoms with Gasteiger partial charge in [-0.2, -0.15) is 0 Å². The average Bonchev–Trinajstić information content (AvgIpc) is 2.86. The van der Waals surface area contributed by atoms with Gasteiger partial charge in [-0.25, -0.2) is 0 Å². The van der Waals surface area contributed by atoms with Crippen molar-refractivity contribution in [2.75, 3.05) is 13.1 Å². The molecule has 2 unspecified atom stereocenters. The molecule has 3 heteroatoms. The minimum atomic E-state index is -0.0833. The molecule has 0 radical (unpaired) electrons. The first kappa shape index (κ1) is 13.6. The van der Waals surface area contributed by atoms with Crippen molar-refractivity contribution in [2.45, 2.75) is 50.2 Å². The van der Waals surface area contributed by atoms with Crippen molar-refractivity contribution in [1.29, 1.82) is 0 Å². The molecule has 0 bridgehead atoms. The summed E-state index contributed by atoms with van der Waals surface area (Å²) >= 11 is 3.67. The van der Waals surface area contributed by atoms with Crippen molar-refractivity contribution in [2.24, 2.45) is 0 Å². The van der Waals surface area contributed by atoms with Gasteiger partial charge in [-0.3, -0.25) is 4.90 Å². The number of benzene rings is 1. The molecule has 1 N–H and O–H groups in total. The predicted octanol–water partition coefficient (Wildman–Crippen LogP) is 3.54. The van der Waals surface area contributed by atoms with Crippen LogP contribution >= 0.6 is 15.9 Å². The van der Waals surface area contributed by atoms with E-state index in [1.807, 2.05) is 0 Å². The van der Waals surface area contributed by atoms with Crippen LogP contribution in [0.5, 0.6) is 0 Å². The van der Waals surface area contributed by atoms with E-state index in [1.54, 1.807) is 0 Å². The SMILES string of the molecule is OC1CCCC1N1CCC(c2ccccc2Br)CC1. The van der Waals surface area contributed by atoms with E-state index in [-0.39, 0.29) is 6.10 Å². The lowest BCUT2D eigenvalue weighted by molar-refractivity contribution is 0.0552. The minimum Gasteiger partial charge on any atom is -0.391 e. The lowest BCUT2D eigenvalue weighted by atomic mass is 9.88. The third-order valence-corrected chi connectivity index (χ3v) is 5.51. The van der Waals surface area contributed by atoms with Gasteiger partial charge in [0.1, 0.15) is 0 Å². The van der Waals surface area contributed by atoms with Gasteiger partial charge in [0, 0.05) is 10.5 Å². The lowest BCUT2D eigenvalue weighted by Gasteiger charge is -2.37. The fraction of sp³-hybridized carbons (Fsp3) is 0.625. The van der Waals surface area contributed by atoms with E-state index in [4.69, 9.17) is 0 Å². The monoisotopic (exact) mass is 323 g/mol. The Morgan fingerprint density at radius 1 is 1.05 bits per heavy atom. The minimum absolute atomic E-state index is 0.0833. The van der Waals surface area contributed by atoms with Crippen LogP contribution < -0.4 is 0 Å². The van der Waals surface area contributed by atoms with E-state index in [0.29, 0.717) is 12.0 Å². The van der Waals surface area contributed by atoms with E-state index in [2.05, 4.69) is 45.1 Å². The Hall–Kier alpha value is -0.380. The number of piperidine rings is 1. The van der Waals surface area contributed by atoms with Crippen molar-refractivity contribution in [3.63, 3.8) is 0 Å². The summed E-state index contributed by atoms with van der Waals surface area (Å²) in [6.45, 7) is 2.27. The molecule has 1 heterocycles. The highest BCUT2D eigenvalue weighted by atomic mass is 79.9. The third-order valence-electron chi connectivity index (χ3n) is 4.79. The van der Waals surface area contributed by atoms with Crippen molar-refractivity contribution >= 4 is 15.9 Å². The molecule has 0 amide bonds. The van der Waals surface area contributed by atoms with E-state index in [0.717, 1.165) is 19.5 Å². The Labute approximate surface area is 123 Å². The van der Waals surface area contributed by atoms with Gasteiger partial charge >= 0.3 is 0 Å². The van der Waals surface area contributed by atoms with Gasteiger partial charge in [-0.15, -0.1) is 0 Å². The fourth-order valence-electron chi connectivity index (χ4n) is 3.70. The summed E-state index contributed by atoms with van der Waals surface area (Å²) in [6, 6.07) is 9.03. The maximum absolute atomic E-state index is 10.0. The molecular weight excluding hydrogens is 302 g/mol. The van der Waals surface area contributed by atoms with Gasteiger partial charge in [-0.05, 0) is 62.7 Å². The molecule has 2 atom stereocenters. The molecular formula is C16H22BrNO. The van der Waals surface area contributed by atoms with Crippen LogP contribution in [-0.4, -0.2) is 35.2 Å². The smallest absolute Gasteiger partial charge is 0.0695 e. The van der Waals surface area contributed by atoms with Gasteiger partial charge in [0.15, 0.2) is 0 Å². The normalized spacial score (nSPS) is 29.8. The Bertz CT molecular complexity index is 429. The first-order chi connectivity index (χ1) is 9.25. The number of halogens is 1. The van der Waals surface area contributed by atoms with Crippen LogP contribution in [0.15, 0.2) is 28.7 Å². The average molecular weight is 324 g/mol. The summed E-state index contributed by atoms with van der Waals surface area (Å²) in [5.74, 6) is 0.672. The Morgan fingerprint density at radius 3 is 2.42 bits per heavy atom. The Balaban J connectivity index is 1.62. The molecule has 1 aliphatic heterocycles. The zero-order valence-electron chi connectivity index (χ0n) is 11.3. The first-order valence-corrected chi connectivity index (χ1v) is 8.21. The third kappa shape index (κ3) is 2.88. The summed E-state index contributed by atoms with van der Waals surface area (Å²) in [6.07, 6.45) is 5.71. The molecule has 2 aliphatic rings. The molecule has 104 valence electrons. The highest BCUT2D eigenvalue weighted by Gasteiger charge is 2.33. The van der Waals surface area contributed by atoms with E-state index < -0.39 is 0 Å². The Kier molecular flexibility index (Phi) is 4.25. The first-order valence-electron chi connectivity index (χ1n) is 7.42.